The molecule has 0 amide bonds. The first-order valence-corrected chi connectivity index (χ1v) is 9.63. The predicted octanol–water partition coefficient (Wildman–Crippen LogP) is 3.22. The molecule has 0 fully saturated rings. The van der Waals surface area contributed by atoms with Gasteiger partial charge in [-0.2, -0.15) is 5.10 Å². The minimum Gasteiger partial charge on any atom is -0.343 e. The Morgan fingerprint density at radius 3 is 2.96 bits per heavy atom. The normalized spacial score (nSPS) is 22.3. The monoisotopic (exact) mass is 397 g/mol. The highest BCUT2D eigenvalue weighted by Gasteiger charge is 2.39. The van der Waals surface area contributed by atoms with Crippen molar-refractivity contribution in [2.24, 2.45) is 0 Å². The topological polar surface area (TPSA) is 64.0 Å². The van der Waals surface area contributed by atoms with Crippen molar-refractivity contribution in [2.75, 3.05) is 11.1 Å². The summed E-state index contributed by atoms with van der Waals surface area (Å²) in [4.78, 5) is 0.346. The first-order chi connectivity index (χ1) is 11.0. The average molecular weight is 398 g/mol. The van der Waals surface area contributed by atoms with Crippen LogP contribution in [-0.2, 0) is 9.84 Å². The maximum Gasteiger partial charge on any atom is 0.178 e. The molecule has 1 aromatic heterocycles. The number of halogens is 2. The molecule has 2 aliphatic heterocycles. The fraction of sp³-hybridized carbons (Fsp3) is 0.267. The molecule has 5 nitrogen and oxygen atoms in total. The third-order valence-corrected chi connectivity index (χ3v) is 6.75. The van der Waals surface area contributed by atoms with E-state index in [1.165, 1.54) is 6.07 Å². The van der Waals surface area contributed by atoms with Gasteiger partial charge in [0.1, 0.15) is 17.7 Å². The number of anilines is 1. The number of hydrogen-bond donors (Lipinski definition) is 1. The van der Waals surface area contributed by atoms with Crippen molar-refractivity contribution >= 4 is 31.6 Å². The number of sulfone groups is 1. The molecule has 3 heterocycles. The summed E-state index contributed by atoms with van der Waals surface area (Å²) in [5, 5.41) is 7.45. The molecular weight excluding hydrogens is 385 g/mol. The Labute approximate surface area is 141 Å². The number of hydrogen-bond acceptors (Lipinski definition) is 4. The summed E-state index contributed by atoms with van der Waals surface area (Å²) in [7, 11) is -3.38. The second-order valence-corrected chi connectivity index (χ2v) is 8.56. The van der Waals surface area contributed by atoms with Gasteiger partial charge >= 0.3 is 0 Å². The summed E-state index contributed by atoms with van der Waals surface area (Å²) in [5.41, 5.74) is 1.40. The minimum atomic E-state index is -3.38. The van der Waals surface area contributed by atoms with Gasteiger partial charge in [0.25, 0.3) is 0 Å². The van der Waals surface area contributed by atoms with Crippen LogP contribution in [0.25, 0.3) is 0 Å². The summed E-state index contributed by atoms with van der Waals surface area (Å²) in [6.45, 7) is 0. The minimum absolute atomic E-state index is 0.128. The molecule has 0 spiro atoms. The van der Waals surface area contributed by atoms with Crippen LogP contribution in [0.2, 0.25) is 0 Å². The Kier molecular flexibility index (Phi) is 3.35. The van der Waals surface area contributed by atoms with Gasteiger partial charge in [-0.3, -0.25) is 0 Å². The van der Waals surface area contributed by atoms with Crippen molar-refractivity contribution in [1.82, 2.24) is 9.78 Å². The van der Waals surface area contributed by atoms with Crippen LogP contribution in [-0.4, -0.2) is 24.0 Å². The van der Waals surface area contributed by atoms with Crippen LogP contribution in [0.1, 0.15) is 24.4 Å². The Balaban J connectivity index is 1.97. The van der Waals surface area contributed by atoms with Crippen LogP contribution in [0.5, 0.6) is 0 Å². The third kappa shape index (κ3) is 2.31. The van der Waals surface area contributed by atoms with Gasteiger partial charge in [-0.15, -0.1) is 0 Å². The lowest BCUT2D eigenvalue weighted by atomic mass is 10.0. The highest BCUT2D eigenvalue weighted by molar-refractivity contribution is 9.10. The molecular formula is C15H13BrFN3O2S. The number of benzene rings is 1. The number of allylic oxidation sites excluding steroid dienone is 2. The van der Waals surface area contributed by atoms with Crippen molar-refractivity contribution < 1.29 is 12.8 Å². The molecule has 0 aliphatic carbocycles. The standard InChI is InChI=1S/C15H13BrFN3O2S/c16-10-8-9(3-4-11(10)17)14-15-12(2-1-7-23(15,21)22)19-13-5-6-18-20(13)14/h3-6,8,14,19H,1-2,7H2. The Bertz CT molecular complexity index is 936. The van der Waals surface area contributed by atoms with Crippen molar-refractivity contribution in [1.29, 1.82) is 0 Å². The zero-order valence-corrected chi connectivity index (χ0v) is 14.4. The summed E-state index contributed by atoms with van der Waals surface area (Å²) < 4.78 is 40.8. The van der Waals surface area contributed by atoms with E-state index < -0.39 is 15.9 Å². The largest absolute Gasteiger partial charge is 0.343 e. The van der Waals surface area contributed by atoms with Gasteiger partial charge in [-0.05, 0) is 46.5 Å². The Hall–Kier alpha value is -1.67. The van der Waals surface area contributed by atoms with E-state index in [4.69, 9.17) is 0 Å². The van der Waals surface area contributed by atoms with Crippen LogP contribution in [0.4, 0.5) is 10.2 Å². The number of aromatic nitrogens is 2. The zero-order chi connectivity index (χ0) is 16.2. The van der Waals surface area contributed by atoms with Crippen molar-refractivity contribution in [2.45, 2.75) is 18.9 Å². The molecule has 4 rings (SSSR count). The van der Waals surface area contributed by atoms with Gasteiger partial charge in [-0.25, -0.2) is 17.5 Å². The maximum atomic E-state index is 13.6. The number of fused-ring (bicyclic) bond motifs is 1. The van der Waals surface area contributed by atoms with Crippen LogP contribution >= 0.6 is 15.9 Å². The van der Waals surface area contributed by atoms with E-state index in [-0.39, 0.29) is 11.6 Å². The van der Waals surface area contributed by atoms with E-state index in [2.05, 4.69) is 26.3 Å². The van der Waals surface area contributed by atoms with Crippen LogP contribution in [0, 0.1) is 5.82 Å². The van der Waals surface area contributed by atoms with Gasteiger partial charge < -0.3 is 5.32 Å². The summed E-state index contributed by atoms with van der Waals surface area (Å²) in [5.74, 6) is 0.485. The maximum absolute atomic E-state index is 13.6. The number of rotatable bonds is 1. The van der Waals surface area contributed by atoms with Gasteiger partial charge in [0.05, 0.1) is 21.3 Å². The average Bonchev–Trinajstić information content (AvgIpc) is 2.96. The van der Waals surface area contributed by atoms with Crippen LogP contribution in [0.3, 0.4) is 0 Å². The third-order valence-electron chi connectivity index (χ3n) is 4.17. The summed E-state index contributed by atoms with van der Waals surface area (Å²) >= 11 is 3.17. The van der Waals surface area contributed by atoms with Crippen LogP contribution in [0.15, 0.2) is 45.5 Å². The second kappa shape index (κ2) is 5.17. The van der Waals surface area contributed by atoms with E-state index in [1.807, 2.05) is 0 Å². The van der Waals surface area contributed by atoms with E-state index in [1.54, 1.807) is 29.1 Å². The molecule has 23 heavy (non-hydrogen) atoms. The molecule has 2 aliphatic rings. The van der Waals surface area contributed by atoms with Crippen molar-refractivity contribution in [3.8, 4) is 0 Å². The molecule has 1 N–H and O–H groups in total. The summed E-state index contributed by atoms with van der Waals surface area (Å²) in [6.07, 6.45) is 2.90. The fourth-order valence-corrected chi connectivity index (χ4v) is 5.42. The molecule has 120 valence electrons. The lowest BCUT2D eigenvalue weighted by Gasteiger charge is -2.33. The quantitative estimate of drug-likeness (QED) is 0.802. The predicted molar refractivity (Wildman–Crippen MR) is 88.1 cm³/mol. The van der Waals surface area contributed by atoms with Crippen molar-refractivity contribution in [3.05, 3.63) is 56.9 Å². The fourth-order valence-electron chi connectivity index (χ4n) is 3.18. The molecule has 0 radical (unpaired) electrons. The van der Waals surface area contributed by atoms with E-state index in [0.717, 1.165) is 11.5 Å². The molecule has 0 bridgehead atoms. The lowest BCUT2D eigenvalue weighted by molar-refractivity contribution is 0.551. The SMILES string of the molecule is O=S1(=O)CCCC2=C1C(c1ccc(F)c(Br)c1)n1nccc1N2. The van der Waals surface area contributed by atoms with Crippen LogP contribution < -0.4 is 5.32 Å². The first kappa shape index (κ1) is 14.9. The highest BCUT2D eigenvalue weighted by Crippen LogP contribution is 2.42. The smallest absolute Gasteiger partial charge is 0.178 e. The highest BCUT2D eigenvalue weighted by atomic mass is 79.9. The van der Waals surface area contributed by atoms with Gasteiger partial charge in [0, 0.05) is 11.8 Å². The van der Waals surface area contributed by atoms with Gasteiger partial charge in [0.15, 0.2) is 9.84 Å². The Morgan fingerprint density at radius 2 is 2.17 bits per heavy atom. The van der Waals surface area contributed by atoms with Crippen molar-refractivity contribution in [3.63, 3.8) is 0 Å². The molecule has 0 saturated heterocycles. The molecule has 1 atom stereocenters. The molecule has 0 saturated carbocycles. The number of nitrogens with zero attached hydrogens (tertiary/aromatic N) is 2. The van der Waals surface area contributed by atoms with E-state index in [0.29, 0.717) is 27.8 Å². The number of nitrogens with one attached hydrogen (secondary N) is 1. The van der Waals surface area contributed by atoms with E-state index in [9.17, 15) is 12.8 Å². The molecule has 1 aromatic carbocycles. The Morgan fingerprint density at radius 1 is 1.35 bits per heavy atom. The van der Waals surface area contributed by atoms with E-state index >= 15 is 0 Å². The first-order valence-electron chi connectivity index (χ1n) is 7.19. The molecule has 2 aromatic rings. The molecule has 8 heteroatoms. The second-order valence-electron chi connectivity index (χ2n) is 5.63. The summed E-state index contributed by atoms with van der Waals surface area (Å²) in [6, 6.07) is 5.79. The molecule has 1 unspecified atom stereocenters. The van der Waals surface area contributed by atoms with Gasteiger partial charge in [0.2, 0.25) is 0 Å². The lowest BCUT2D eigenvalue weighted by Crippen LogP contribution is -2.32. The zero-order valence-electron chi connectivity index (χ0n) is 12.0. The van der Waals surface area contributed by atoms with Gasteiger partial charge in [-0.1, -0.05) is 6.07 Å².